The summed E-state index contributed by atoms with van der Waals surface area (Å²) in [5, 5.41) is 0. The largest absolute Gasteiger partial charge is 0.523 e. The van der Waals surface area contributed by atoms with Crippen LogP contribution in [0.4, 0.5) is 35.5 Å². The maximum absolute atomic E-state index is 13.3. The smallest absolute Gasteiger partial charge is 0.444 e. The van der Waals surface area contributed by atoms with E-state index in [0.717, 1.165) is 28.8 Å². The van der Waals surface area contributed by atoms with Gasteiger partial charge in [-0.2, -0.15) is 34.8 Å². The zero-order valence-corrected chi connectivity index (χ0v) is 33.3. The number of carbonyl (C=O) groups excluding carboxylic acids is 1. The highest BCUT2D eigenvalue weighted by molar-refractivity contribution is 7.87. The lowest BCUT2D eigenvalue weighted by molar-refractivity contribution is -0.140. The minimum absolute atomic E-state index is 0.142. The topological polar surface area (TPSA) is 94.6 Å². The molecule has 2 aliphatic heterocycles. The van der Waals surface area contributed by atoms with Crippen molar-refractivity contribution < 1.29 is 62.3 Å². The second kappa shape index (κ2) is 18.8. The molecule has 59 heavy (non-hydrogen) atoms. The molecule has 2 fully saturated rings. The molecule has 2 atom stereocenters. The van der Waals surface area contributed by atoms with E-state index < -0.39 is 69.2 Å². The Morgan fingerprint density at radius 2 is 1.24 bits per heavy atom. The number of carbonyl (C=O) groups is 1. The Labute approximate surface area is 338 Å². The van der Waals surface area contributed by atoms with Crippen LogP contribution in [0, 0.1) is 5.82 Å². The van der Waals surface area contributed by atoms with Crippen LogP contribution in [0.1, 0.15) is 48.6 Å². The lowest BCUT2D eigenvalue weighted by Gasteiger charge is -2.48. The summed E-state index contributed by atoms with van der Waals surface area (Å²) in [6.07, 6.45) is -6.45. The molecule has 320 valence electrons. The minimum Gasteiger partial charge on any atom is -0.444 e. The number of morpholine rings is 2. The van der Waals surface area contributed by atoms with Gasteiger partial charge in [0, 0.05) is 26.1 Å². The standard InChI is InChI=1S/C25H24F3NO4S.C17H21F4NO3/c26-25(27,28)34(30,31)33-19-23-18-29(16-17-32-23)24(20-10-4-1-5-11-20,21-12-6-2-7-13-21)22-14-8-3-9-15-22;1-16(2,3)25-15(23)22-6-7-24-12(10-22)8-11-4-5-14(18)13(9-11)17(19,20)21/h1-15,23H,16-19H2;4-5,9,12H,6-8,10H2,1-3H3/t;12-/m.1/s1. The molecule has 1 unspecified atom stereocenters. The second-order valence-electron chi connectivity index (χ2n) is 14.9. The molecule has 0 aliphatic carbocycles. The average Bonchev–Trinajstić information content (AvgIpc) is 3.19. The van der Waals surface area contributed by atoms with Gasteiger partial charge < -0.3 is 19.1 Å². The maximum atomic E-state index is 13.3. The molecule has 0 bridgehead atoms. The maximum Gasteiger partial charge on any atom is 0.523 e. The predicted octanol–water partition coefficient (Wildman–Crippen LogP) is 8.57. The fraction of sp³-hybridized carbons (Fsp3) is 0.405. The Balaban J connectivity index is 0.000000236. The van der Waals surface area contributed by atoms with Gasteiger partial charge in [0.15, 0.2) is 0 Å². The van der Waals surface area contributed by atoms with Crippen LogP contribution in [0.25, 0.3) is 0 Å². The van der Waals surface area contributed by atoms with Gasteiger partial charge in [-0.25, -0.2) is 9.18 Å². The second-order valence-corrected chi connectivity index (χ2v) is 16.5. The molecule has 0 saturated carbocycles. The van der Waals surface area contributed by atoms with Gasteiger partial charge in [-0.15, -0.1) is 0 Å². The van der Waals surface area contributed by atoms with Crippen molar-refractivity contribution in [2.75, 3.05) is 46.0 Å². The van der Waals surface area contributed by atoms with Crippen molar-refractivity contribution in [2.24, 2.45) is 0 Å². The van der Waals surface area contributed by atoms with Gasteiger partial charge in [-0.05, 0) is 55.2 Å². The first-order valence-corrected chi connectivity index (χ1v) is 20.1. The van der Waals surface area contributed by atoms with Gasteiger partial charge in [0.1, 0.15) is 11.4 Å². The number of amides is 1. The summed E-state index contributed by atoms with van der Waals surface area (Å²) in [7, 11) is -5.71. The summed E-state index contributed by atoms with van der Waals surface area (Å²) < 4.78 is 134. The van der Waals surface area contributed by atoms with Crippen molar-refractivity contribution >= 4 is 16.2 Å². The van der Waals surface area contributed by atoms with Crippen LogP contribution >= 0.6 is 0 Å². The van der Waals surface area contributed by atoms with Crippen LogP contribution in [-0.4, -0.2) is 93.6 Å². The van der Waals surface area contributed by atoms with Crippen molar-refractivity contribution in [3.05, 3.63) is 143 Å². The van der Waals surface area contributed by atoms with E-state index in [-0.39, 0.29) is 32.7 Å². The third-order valence-electron chi connectivity index (χ3n) is 9.47. The zero-order valence-electron chi connectivity index (χ0n) is 32.5. The zero-order chi connectivity index (χ0) is 43.1. The van der Waals surface area contributed by atoms with Gasteiger partial charge in [-0.3, -0.25) is 9.08 Å². The normalized spacial score (nSPS) is 18.4. The number of hydrogen-bond donors (Lipinski definition) is 0. The minimum atomic E-state index is -5.71. The van der Waals surface area contributed by atoms with Crippen molar-refractivity contribution in [3.8, 4) is 0 Å². The summed E-state index contributed by atoms with van der Waals surface area (Å²) >= 11 is 0. The number of ether oxygens (including phenoxy) is 3. The van der Waals surface area contributed by atoms with Gasteiger partial charge in [0.25, 0.3) is 0 Å². The molecule has 4 aromatic carbocycles. The van der Waals surface area contributed by atoms with Gasteiger partial charge in [0.05, 0.1) is 49.7 Å². The van der Waals surface area contributed by atoms with Gasteiger partial charge in [0.2, 0.25) is 0 Å². The SMILES string of the molecule is CC(C)(C)OC(=O)N1CCO[C@H](Cc2ccc(F)c(C(F)(F)F)c2)C1.O=S(=O)(OCC1CN(C(c2ccccc2)(c2ccccc2)c2ccccc2)CCO1)C(F)(F)F. The number of hydrogen-bond acceptors (Lipinski definition) is 8. The highest BCUT2D eigenvalue weighted by Crippen LogP contribution is 2.43. The number of rotatable bonds is 9. The molecule has 2 saturated heterocycles. The van der Waals surface area contributed by atoms with Crippen LogP contribution in [0.3, 0.4) is 0 Å². The summed E-state index contributed by atoms with van der Waals surface area (Å²) in [5.74, 6) is -1.31. The first-order valence-electron chi connectivity index (χ1n) is 18.6. The lowest BCUT2D eigenvalue weighted by Crippen LogP contribution is -2.56. The molecule has 0 aromatic heterocycles. The first kappa shape index (κ1) is 45.5. The van der Waals surface area contributed by atoms with Gasteiger partial charge in [-0.1, -0.05) is 97.1 Å². The molecular formula is C42H45F7N2O7S. The van der Waals surface area contributed by atoms with E-state index in [1.54, 1.807) is 20.8 Å². The number of benzene rings is 4. The Kier molecular flexibility index (Phi) is 14.5. The third kappa shape index (κ3) is 11.6. The van der Waals surface area contributed by atoms with E-state index in [1.807, 2.05) is 91.0 Å². The van der Waals surface area contributed by atoms with E-state index in [0.29, 0.717) is 18.7 Å². The van der Waals surface area contributed by atoms with E-state index in [1.165, 1.54) is 11.0 Å². The molecule has 6 rings (SSSR count). The van der Waals surface area contributed by atoms with Crippen molar-refractivity contribution in [2.45, 2.75) is 62.2 Å². The van der Waals surface area contributed by atoms with E-state index in [9.17, 15) is 43.9 Å². The fourth-order valence-corrected chi connectivity index (χ4v) is 7.42. The quantitative estimate of drug-likeness (QED) is 0.0716. The molecule has 0 N–H and O–H groups in total. The summed E-state index contributed by atoms with van der Waals surface area (Å²) in [5.41, 5.74) is -5.00. The monoisotopic (exact) mass is 854 g/mol. The predicted molar refractivity (Wildman–Crippen MR) is 204 cm³/mol. The molecule has 4 aromatic rings. The van der Waals surface area contributed by atoms with Crippen LogP contribution in [0.2, 0.25) is 0 Å². The Morgan fingerprint density at radius 3 is 1.73 bits per heavy atom. The summed E-state index contributed by atoms with van der Waals surface area (Å²) in [6, 6.07) is 32.3. The summed E-state index contributed by atoms with van der Waals surface area (Å²) in [6.45, 7) is 6.17. The Hall–Kier alpha value is -4.55. The van der Waals surface area contributed by atoms with E-state index in [2.05, 4.69) is 9.08 Å². The number of halogens is 7. The van der Waals surface area contributed by atoms with Crippen molar-refractivity contribution in [1.82, 2.24) is 9.80 Å². The number of nitrogens with zero attached hydrogens (tertiary/aromatic N) is 2. The first-order chi connectivity index (χ1) is 27.7. The lowest BCUT2D eigenvalue weighted by atomic mass is 9.75. The molecule has 0 radical (unpaired) electrons. The summed E-state index contributed by atoms with van der Waals surface area (Å²) in [4.78, 5) is 15.7. The average molecular weight is 855 g/mol. The third-order valence-corrected chi connectivity index (χ3v) is 10.5. The molecule has 9 nitrogen and oxygen atoms in total. The van der Waals surface area contributed by atoms with Crippen LogP contribution < -0.4 is 0 Å². The van der Waals surface area contributed by atoms with Crippen LogP contribution in [-0.2, 0) is 46.6 Å². The molecule has 1 amide bonds. The molecular weight excluding hydrogens is 810 g/mol. The highest BCUT2D eigenvalue weighted by atomic mass is 32.2. The highest BCUT2D eigenvalue weighted by Gasteiger charge is 2.49. The van der Waals surface area contributed by atoms with Crippen molar-refractivity contribution in [3.63, 3.8) is 0 Å². The van der Waals surface area contributed by atoms with Crippen LogP contribution in [0.5, 0.6) is 0 Å². The van der Waals surface area contributed by atoms with Crippen LogP contribution in [0.15, 0.2) is 109 Å². The number of alkyl halides is 6. The molecule has 17 heteroatoms. The Bertz CT molecular complexity index is 1990. The molecule has 2 heterocycles. The van der Waals surface area contributed by atoms with Gasteiger partial charge >= 0.3 is 27.9 Å². The van der Waals surface area contributed by atoms with Crippen molar-refractivity contribution in [1.29, 1.82) is 0 Å². The van der Waals surface area contributed by atoms with E-state index >= 15 is 0 Å². The van der Waals surface area contributed by atoms with E-state index in [4.69, 9.17) is 14.2 Å². The Morgan fingerprint density at radius 1 is 0.729 bits per heavy atom. The fourth-order valence-electron chi connectivity index (χ4n) is 6.96. The molecule has 2 aliphatic rings. The molecule has 0 spiro atoms.